The zero-order chi connectivity index (χ0) is 15.2. The molecule has 3 nitrogen and oxygen atoms in total. The minimum atomic E-state index is -0.233. The van der Waals surface area contributed by atoms with Crippen molar-refractivity contribution < 1.29 is 13.5 Å². The van der Waals surface area contributed by atoms with E-state index in [1.165, 1.54) is 6.07 Å². The largest absolute Gasteiger partial charge is 0.465 e. The van der Waals surface area contributed by atoms with Gasteiger partial charge in [0.15, 0.2) is 0 Å². The van der Waals surface area contributed by atoms with Crippen LogP contribution in [0.5, 0.6) is 0 Å². The van der Waals surface area contributed by atoms with Gasteiger partial charge in [0.1, 0.15) is 17.3 Å². The van der Waals surface area contributed by atoms with E-state index in [4.69, 9.17) is 9.15 Å². The first-order valence-electron chi connectivity index (χ1n) is 7.19. The molecule has 0 unspecified atom stereocenters. The lowest BCUT2D eigenvalue weighted by molar-refractivity contribution is 0.104. The summed E-state index contributed by atoms with van der Waals surface area (Å²) in [5.41, 5.74) is 1.58. The fraction of sp³-hybridized carbons (Fsp3) is 0.412. The molecule has 2 aromatic rings. The van der Waals surface area contributed by atoms with Crippen molar-refractivity contribution in [3.63, 3.8) is 0 Å². The number of benzene rings is 1. The standard InChI is InChI=1S/C17H22FNO2/c1-12(2)19-9-16-8-15(13(3)21-16)11-20-10-14-6-4-5-7-17(14)18/h4-8,12,19H,9-11H2,1-3H3. The molecular formula is C17H22FNO2. The van der Waals surface area contributed by atoms with E-state index in [1.54, 1.807) is 18.2 Å². The number of furan rings is 1. The fourth-order valence-corrected chi connectivity index (χ4v) is 2.01. The van der Waals surface area contributed by atoms with Gasteiger partial charge >= 0.3 is 0 Å². The van der Waals surface area contributed by atoms with Crippen molar-refractivity contribution in [3.05, 3.63) is 58.8 Å². The summed E-state index contributed by atoms with van der Waals surface area (Å²) >= 11 is 0. The number of ether oxygens (including phenoxy) is 1. The predicted molar refractivity (Wildman–Crippen MR) is 80.3 cm³/mol. The maximum atomic E-state index is 13.5. The molecule has 0 bridgehead atoms. The highest BCUT2D eigenvalue weighted by Gasteiger charge is 2.08. The van der Waals surface area contributed by atoms with Crippen molar-refractivity contribution >= 4 is 0 Å². The summed E-state index contributed by atoms with van der Waals surface area (Å²) in [6.45, 7) is 7.48. The number of aryl methyl sites for hydroxylation is 1. The minimum absolute atomic E-state index is 0.233. The van der Waals surface area contributed by atoms with Crippen LogP contribution in [0.1, 0.15) is 36.5 Å². The van der Waals surface area contributed by atoms with E-state index in [-0.39, 0.29) is 12.4 Å². The lowest BCUT2D eigenvalue weighted by Gasteiger charge is -2.04. The van der Waals surface area contributed by atoms with Crippen LogP contribution in [-0.4, -0.2) is 6.04 Å². The molecule has 0 fully saturated rings. The topological polar surface area (TPSA) is 34.4 Å². The van der Waals surface area contributed by atoms with Gasteiger partial charge in [-0.05, 0) is 19.1 Å². The Balaban J connectivity index is 1.87. The van der Waals surface area contributed by atoms with E-state index in [0.717, 1.165) is 17.1 Å². The Kier molecular flexibility index (Phi) is 5.53. The van der Waals surface area contributed by atoms with E-state index in [0.29, 0.717) is 24.8 Å². The first-order chi connectivity index (χ1) is 10.1. The molecule has 1 aromatic carbocycles. The lowest BCUT2D eigenvalue weighted by Crippen LogP contribution is -2.21. The molecule has 0 spiro atoms. The molecule has 1 heterocycles. The normalized spacial score (nSPS) is 11.3. The first-order valence-corrected chi connectivity index (χ1v) is 7.19. The molecule has 2 rings (SSSR count). The number of rotatable bonds is 7. The maximum absolute atomic E-state index is 13.5. The molecule has 0 atom stereocenters. The molecule has 21 heavy (non-hydrogen) atoms. The monoisotopic (exact) mass is 291 g/mol. The summed E-state index contributed by atoms with van der Waals surface area (Å²) in [5.74, 6) is 1.51. The van der Waals surface area contributed by atoms with Gasteiger partial charge in [-0.15, -0.1) is 0 Å². The molecule has 0 saturated heterocycles. The Hall–Kier alpha value is -1.65. The van der Waals surface area contributed by atoms with Gasteiger partial charge < -0.3 is 14.5 Å². The van der Waals surface area contributed by atoms with Crippen LogP contribution in [0.2, 0.25) is 0 Å². The zero-order valence-corrected chi connectivity index (χ0v) is 12.8. The molecule has 0 amide bonds. The Bertz CT molecular complexity index is 578. The summed E-state index contributed by atoms with van der Waals surface area (Å²) in [7, 11) is 0. The summed E-state index contributed by atoms with van der Waals surface area (Å²) in [4.78, 5) is 0. The van der Waals surface area contributed by atoms with Crippen molar-refractivity contribution in [3.8, 4) is 0 Å². The quantitative estimate of drug-likeness (QED) is 0.839. The molecule has 1 N–H and O–H groups in total. The van der Waals surface area contributed by atoms with Gasteiger partial charge in [-0.25, -0.2) is 4.39 Å². The average Bonchev–Trinajstić information content (AvgIpc) is 2.79. The molecule has 0 saturated carbocycles. The van der Waals surface area contributed by atoms with Crippen LogP contribution in [-0.2, 0) is 24.5 Å². The molecule has 0 aliphatic rings. The highest BCUT2D eigenvalue weighted by atomic mass is 19.1. The van der Waals surface area contributed by atoms with Gasteiger partial charge in [0.2, 0.25) is 0 Å². The van der Waals surface area contributed by atoms with E-state index < -0.39 is 0 Å². The molecular weight excluding hydrogens is 269 g/mol. The number of hydrogen-bond donors (Lipinski definition) is 1. The van der Waals surface area contributed by atoms with Gasteiger partial charge in [0.05, 0.1) is 19.8 Å². The summed E-state index contributed by atoms with van der Waals surface area (Å²) in [5, 5.41) is 3.31. The second kappa shape index (κ2) is 7.38. The molecule has 4 heteroatoms. The average molecular weight is 291 g/mol. The van der Waals surface area contributed by atoms with Gasteiger partial charge in [0, 0.05) is 17.2 Å². The highest BCUT2D eigenvalue weighted by Crippen LogP contribution is 2.17. The van der Waals surface area contributed by atoms with Crippen LogP contribution < -0.4 is 5.32 Å². The molecule has 0 aliphatic carbocycles. The Morgan fingerprint density at radius 2 is 1.90 bits per heavy atom. The minimum Gasteiger partial charge on any atom is -0.465 e. The second-order valence-electron chi connectivity index (χ2n) is 5.41. The van der Waals surface area contributed by atoms with Crippen molar-refractivity contribution in [1.29, 1.82) is 0 Å². The van der Waals surface area contributed by atoms with Crippen molar-refractivity contribution in [2.45, 2.75) is 46.6 Å². The smallest absolute Gasteiger partial charge is 0.128 e. The van der Waals surface area contributed by atoms with Crippen molar-refractivity contribution in [2.75, 3.05) is 0 Å². The van der Waals surface area contributed by atoms with Gasteiger partial charge in [-0.1, -0.05) is 32.0 Å². The summed E-state index contributed by atoms with van der Waals surface area (Å²) < 4.78 is 24.7. The van der Waals surface area contributed by atoms with Crippen LogP contribution >= 0.6 is 0 Å². The van der Waals surface area contributed by atoms with Crippen LogP contribution in [0, 0.1) is 12.7 Å². The maximum Gasteiger partial charge on any atom is 0.128 e. The third-order valence-corrected chi connectivity index (χ3v) is 3.23. The third kappa shape index (κ3) is 4.69. The molecule has 1 aromatic heterocycles. The van der Waals surface area contributed by atoms with Gasteiger partial charge in [-0.3, -0.25) is 0 Å². The van der Waals surface area contributed by atoms with E-state index in [9.17, 15) is 4.39 Å². The fourth-order valence-electron chi connectivity index (χ4n) is 2.01. The Labute approximate surface area is 125 Å². The van der Waals surface area contributed by atoms with E-state index >= 15 is 0 Å². The van der Waals surface area contributed by atoms with Crippen molar-refractivity contribution in [1.82, 2.24) is 5.32 Å². The lowest BCUT2D eigenvalue weighted by atomic mass is 10.2. The molecule has 114 valence electrons. The Morgan fingerprint density at radius 1 is 1.19 bits per heavy atom. The summed E-state index contributed by atoms with van der Waals surface area (Å²) in [6.07, 6.45) is 0. The van der Waals surface area contributed by atoms with E-state index in [1.807, 2.05) is 13.0 Å². The number of nitrogens with one attached hydrogen (secondary N) is 1. The van der Waals surface area contributed by atoms with Crippen molar-refractivity contribution in [2.24, 2.45) is 0 Å². The second-order valence-corrected chi connectivity index (χ2v) is 5.41. The van der Waals surface area contributed by atoms with Gasteiger partial charge in [-0.2, -0.15) is 0 Å². The van der Waals surface area contributed by atoms with Gasteiger partial charge in [0.25, 0.3) is 0 Å². The van der Waals surface area contributed by atoms with Crippen LogP contribution in [0.15, 0.2) is 34.7 Å². The molecule has 0 radical (unpaired) electrons. The Morgan fingerprint density at radius 3 is 2.62 bits per heavy atom. The van der Waals surface area contributed by atoms with Crippen LogP contribution in [0.3, 0.4) is 0 Å². The number of hydrogen-bond acceptors (Lipinski definition) is 3. The SMILES string of the molecule is Cc1oc(CNC(C)C)cc1COCc1ccccc1F. The number of halogens is 1. The molecule has 0 aliphatic heterocycles. The van der Waals surface area contributed by atoms with E-state index in [2.05, 4.69) is 19.2 Å². The van der Waals surface area contributed by atoms with Crippen LogP contribution in [0.25, 0.3) is 0 Å². The predicted octanol–water partition coefficient (Wildman–Crippen LogP) is 3.94. The third-order valence-electron chi connectivity index (χ3n) is 3.23. The summed E-state index contributed by atoms with van der Waals surface area (Å²) in [6, 6.07) is 9.06. The highest BCUT2D eigenvalue weighted by molar-refractivity contribution is 5.20. The zero-order valence-electron chi connectivity index (χ0n) is 12.8. The van der Waals surface area contributed by atoms with Crippen LogP contribution in [0.4, 0.5) is 4.39 Å². The first kappa shape index (κ1) is 15.7.